The number of aliphatic hydroxyl groups is 1. The van der Waals surface area contributed by atoms with E-state index in [1.165, 1.54) is 13.2 Å². The van der Waals surface area contributed by atoms with Crippen LogP contribution in [0.15, 0.2) is 18.2 Å². The molecule has 0 amide bonds. The summed E-state index contributed by atoms with van der Waals surface area (Å²) in [5.41, 5.74) is 0.488. The van der Waals surface area contributed by atoms with Gasteiger partial charge in [-0.25, -0.2) is 4.39 Å². The molecule has 3 nitrogen and oxygen atoms in total. The summed E-state index contributed by atoms with van der Waals surface area (Å²) in [5.74, 6) is 0.247. The van der Waals surface area contributed by atoms with E-state index in [9.17, 15) is 9.50 Å². The van der Waals surface area contributed by atoms with Gasteiger partial charge in [-0.3, -0.25) is 0 Å². The van der Waals surface area contributed by atoms with Crippen molar-refractivity contribution in [3.8, 4) is 5.75 Å². The molecule has 0 aliphatic heterocycles. The number of hydrogen-bond donors (Lipinski definition) is 2. The van der Waals surface area contributed by atoms with E-state index in [-0.39, 0.29) is 23.9 Å². The molecule has 1 rings (SSSR count). The average molecular weight is 283 g/mol. The molecule has 1 aromatic carbocycles. The van der Waals surface area contributed by atoms with Crippen molar-refractivity contribution in [3.63, 3.8) is 0 Å². The van der Waals surface area contributed by atoms with Crippen LogP contribution in [0.1, 0.15) is 45.2 Å². The van der Waals surface area contributed by atoms with E-state index >= 15 is 0 Å². The highest BCUT2D eigenvalue weighted by Crippen LogP contribution is 2.27. The molecule has 20 heavy (non-hydrogen) atoms. The third-order valence-electron chi connectivity index (χ3n) is 4.29. The summed E-state index contributed by atoms with van der Waals surface area (Å²) in [6.45, 7) is 6.88. The van der Waals surface area contributed by atoms with E-state index in [4.69, 9.17) is 4.74 Å². The Morgan fingerprint density at radius 1 is 1.35 bits per heavy atom. The molecule has 0 aliphatic rings. The van der Waals surface area contributed by atoms with Crippen LogP contribution >= 0.6 is 0 Å². The van der Waals surface area contributed by atoms with Gasteiger partial charge in [-0.1, -0.05) is 19.9 Å². The number of benzene rings is 1. The Hall–Kier alpha value is -1.13. The maximum absolute atomic E-state index is 14.0. The van der Waals surface area contributed by atoms with E-state index in [0.717, 1.165) is 12.8 Å². The molecule has 4 heteroatoms. The van der Waals surface area contributed by atoms with Crippen LogP contribution in [0.5, 0.6) is 5.75 Å². The second-order valence-electron chi connectivity index (χ2n) is 5.36. The van der Waals surface area contributed by atoms with Gasteiger partial charge in [0.05, 0.1) is 7.11 Å². The summed E-state index contributed by atoms with van der Waals surface area (Å²) in [4.78, 5) is 0. The minimum atomic E-state index is -0.271. The fourth-order valence-electron chi connectivity index (χ4n) is 2.25. The maximum Gasteiger partial charge on any atom is 0.131 e. The third-order valence-corrected chi connectivity index (χ3v) is 4.29. The normalized spacial score (nSPS) is 13.3. The predicted octanol–water partition coefficient (Wildman–Crippen LogP) is 3.28. The lowest BCUT2D eigenvalue weighted by Gasteiger charge is -2.31. The highest BCUT2D eigenvalue weighted by molar-refractivity contribution is 5.30. The van der Waals surface area contributed by atoms with Gasteiger partial charge < -0.3 is 15.2 Å². The molecule has 2 N–H and O–H groups in total. The Labute approximate surface area is 121 Å². The lowest BCUT2D eigenvalue weighted by atomic mass is 9.83. The molecule has 0 saturated heterocycles. The first kappa shape index (κ1) is 16.9. The van der Waals surface area contributed by atoms with Crippen molar-refractivity contribution in [2.24, 2.45) is 5.41 Å². The quantitative estimate of drug-likeness (QED) is 0.769. The Morgan fingerprint density at radius 3 is 2.45 bits per heavy atom. The maximum atomic E-state index is 14.0. The smallest absolute Gasteiger partial charge is 0.131 e. The number of halogens is 1. The largest absolute Gasteiger partial charge is 0.497 e. The zero-order chi connectivity index (χ0) is 15.2. The molecular formula is C16H26FNO2. The number of hydrogen-bond acceptors (Lipinski definition) is 3. The van der Waals surface area contributed by atoms with Gasteiger partial charge >= 0.3 is 0 Å². The molecule has 1 atom stereocenters. The SMILES string of the molecule is CCC(CC)(CO)CNC(C)c1ccc(OC)cc1F. The second-order valence-corrected chi connectivity index (χ2v) is 5.36. The van der Waals surface area contributed by atoms with Gasteiger partial charge in [-0.05, 0) is 25.8 Å². The Morgan fingerprint density at radius 2 is 2.00 bits per heavy atom. The van der Waals surface area contributed by atoms with Crippen molar-refractivity contribution in [1.82, 2.24) is 5.32 Å². The molecule has 0 spiro atoms. The van der Waals surface area contributed by atoms with Gasteiger partial charge in [0, 0.05) is 36.2 Å². The first-order valence-corrected chi connectivity index (χ1v) is 7.19. The van der Waals surface area contributed by atoms with Crippen molar-refractivity contribution in [1.29, 1.82) is 0 Å². The standard InChI is InChI=1S/C16H26FNO2/c1-5-16(6-2,11-19)10-18-12(3)14-8-7-13(20-4)9-15(14)17/h7-9,12,18-19H,5-6,10-11H2,1-4H3. The monoisotopic (exact) mass is 283 g/mol. The zero-order valence-corrected chi connectivity index (χ0v) is 12.9. The van der Waals surface area contributed by atoms with Gasteiger partial charge in [-0.15, -0.1) is 0 Å². The molecule has 0 radical (unpaired) electrons. The summed E-state index contributed by atoms with van der Waals surface area (Å²) in [6, 6.07) is 4.79. The molecule has 0 fully saturated rings. The fraction of sp³-hybridized carbons (Fsp3) is 0.625. The molecule has 0 aromatic heterocycles. The summed E-state index contributed by atoms with van der Waals surface area (Å²) in [6.07, 6.45) is 1.79. The van der Waals surface area contributed by atoms with Gasteiger partial charge in [0.1, 0.15) is 11.6 Å². The topological polar surface area (TPSA) is 41.5 Å². The van der Waals surface area contributed by atoms with Crippen LogP contribution in [0.2, 0.25) is 0 Å². The highest BCUT2D eigenvalue weighted by atomic mass is 19.1. The first-order valence-electron chi connectivity index (χ1n) is 7.19. The van der Waals surface area contributed by atoms with Crippen molar-refractivity contribution < 1.29 is 14.2 Å². The Bertz CT molecular complexity index is 411. The van der Waals surface area contributed by atoms with E-state index < -0.39 is 0 Å². The van der Waals surface area contributed by atoms with Gasteiger partial charge in [0.15, 0.2) is 0 Å². The van der Waals surface area contributed by atoms with E-state index in [0.29, 0.717) is 17.9 Å². The summed E-state index contributed by atoms with van der Waals surface area (Å²) in [5, 5.41) is 12.9. The average Bonchev–Trinajstić information content (AvgIpc) is 2.48. The van der Waals surface area contributed by atoms with E-state index in [1.807, 2.05) is 6.92 Å². The van der Waals surface area contributed by atoms with Crippen molar-refractivity contribution in [2.75, 3.05) is 20.3 Å². The molecule has 0 heterocycles. The van der Waals surface area contributed by atoms with E-state index in [1.54, 1.807) is 12.1 Å². The zero-order valence-electron chi connectivity index (χ0n) is 12.9. The van der Waals surface area contributed by atoms with Crippen molar-refractivity contribution in [3.05, 3.63) is 29.6 Å². The predicted molar refractivity (Wildman–Crippen MR) is 79.5 cm³/mol. The minimum absolute atomic E-state index is 0.107. The van der Waals surface area contributed by atoms with Crippen molar-refractivity contribution in [2.45, 2.75) is 39.7 Å². The number of nitrogens with one attached hydrogen (secondary N) is 1. The number of rotatable bonds is 8. The minimum Gasteiger partial charge on any atom is -0.497 e. The summed E-state index contributed by atoms with van der Waals surface area (Å²) in [7, 11) is 1.52. The van der Waals surface area contributed by atoms with Gasteiger partial charge in [0.25, 0.3) is 0 Å². The van der Waals surface area contributed by atoms with Crippen LogP contribution in [0.4, 0.5) is 4.39 Å². The van der Waals surface area contributed by atoms with Crippen LogP contribution in [0.3, 0.4) is 0 Å². The summed E-state index contributed by atoms with van der Waals surface area (Å²) < 4.78 is 19.0. The Kier molecular flexibility index (Phi) is 6.43. The summed E-state index contributed by atoms with van der Waals surface area (Å²) >= 11 is 0. The van der Waals surface area contributed by atoms with Crippen LogP contribution in [0.25, 0.3) is 0 Å². The Balaban J connectivity index is 2.74. The fourth-order valence-corrected chi connectivity index (χ4v) is 2.25. The first-order chi connectivity index (χ1) is 9.51. The van der Waals surface area contributed by atoms with Gasteiger partial charge in [-0.2, -0.15) is 0 Å². The second kappa shape index (κ2) is 7.60. The molecule has 114 valence electrons. The molecule has 0 bridgehead atoms. The molecule has 1 unspecified atom stereocenters. The van der Waals surface area contributed by atoms with Gasteiger partial charge in [0.2, 0.25) is 0 Å². The third kappa shape index (κ3) is 3.93. The highest BCUT2D eigenvalue weighted by Gasteiger charge is 2.26. The van der Waals surface area contributed by atoms with Crippen LogP contribution in [-0.4, -0.2) is 25.4 Å². The number of methoxy groups -OCH3 is 1. The number of ether oxygens (including phenoxy) is 1. The molecule has 0 aliphatic carbocycles. The van der Waals surface area contributed by atoms with Crippen LogP contribution in [-0.2, 0) is 0 Å². The number of aliphatic hydroxyl groups excluding tert-OH is 1. The van der Waals surface area contributed by atoms with E-state index in [2.05, 4.69) is 19.2 Å². The lowest BCUT2D eigenvalue weighted by Crippen LogP contribution is -2.37. The molecule has 0 saturated carbocycles. The lowest BCUT2D eigenvalue weighted by molar-refractivity contribution is 0.110. The van der Waals surface area contributed by atoms with Crippen LogP contribution < -0.4 is 10.1 Å². The van der Waals surface area contributed by atoms with Crippen molar-refractivity contribution >= 4 is 0 Å². The molecular weight excluding hydrogens is 257 g/mol. The molecule has 1 aromatic rings. The van der Waals surface area contributed by atoms with Crippen LogP contribution in [0, 0.1) is 11.2 Å².